The summed E-state index contributed by atoms with van der Waals surface area (Å²) < 4.78 is 10.7. The van der Waals surface area contributed by atoms with Crippen LogP contribution in [0.2, 0.25) is 5.02 Å². The number of anilines is 1. The van der Waals surface area contributed by atoms with Crippen LogP contribution in [0.1, 0.15) is 17.2 Å². The Bertz CT molecular complexity index is 793. The number of hydrogen-bond donors (Lipinski definition) is 2. The molecular formula is C21H27ClN4O2. The minimum atomic E-state index is 0.0483. The summed E-state index contributed by atoms with van der Waals surface area (Å²) in [5, 5.41) is 3.93. The summed E-state index contributed by atoms with van der Waals surface area (Å²) in [7, 11) is 1.67. The zero-order valence-electron chi connectivity index (χ0n) is 16.1. The molecule has 28 heavy (non-hydrogen) atoms. The number of ether oxygens (including phenoxy) is 2. The Hall–Kier alpha value is -2.12. The van der Waals surface area contributed by atoms with Gasteiger partial charge in [-0.15, -0.1) is 0 Å². The summed E-state index contributed by atoms with van der Waals surface area (Å²) in [4.78, 5) is 6.96. The first-order valence-corrected chi connectivity index (χ1v) is 9.77. The number of aliphatic imine (C=N–C) groups is 1. The smallest absolute Gasteiger partial charge is 0.193 e. The van der Waals surface area contributed by atoms with Gasteiger partial charge >= 0.3 is 0 Å². The maximum absolute atomic E-state index is 6.47. The van der Waals surface area contributed by atoms with Crippen LogP contribution in [0, 0.1) is 0 Å². The fraction of sp³-hybridized carbons (Fsp3) is 0.381. The van der Waals surface area contributed by atoms with Crippen LogP contribution in [0.3, 0.4) is 0 Å². The lowest BCUT2D eigenvalue weighted by Crippen LogP contribution is -2.40. The van der Waals surface area contributed by atoms with Crippen molar-refractivity contribution in [2.24, 2.45) is 10.7 Å². The lowest BCUT2D eigenvalue weighted by Gasteiger charge is -2.34. The summed E-state index contributed by atoms with van der Waals surface area (Å²) >= 11 is 6.47. The highest BCUT2D eigenvalue weighted by Gasteiger charge is 2.24. The maximum Gasteiger partial charge on any atom is 0.193 e. The van der Waals surface area contributed by atoms with Gasteiger partial charge in [-0.1, -0.05) is 48.0 Å². The Morgan fingerprint density at radius 3 is 2.68 bits per heavy atom. The van der Waals surface area contributed by atoms with Gasteiger partial charge in [0.2, 0.25) is 0 Å². The van der Waals surface area contributed by atoms with Gasteiger partial charge in [-0.05, 0) is 17.7 Å². The van der Waals surface area contributed by atoms with Crippen molar-refractivity contribution < 1.29 is 9.47 Å². The summed E-state index contributed by atoms with van der Waals surface area (Å²) in [5.74, 6) is 0.369. The van der Waals surface area contributed by atoms with Gasteiger partial charge in [0.1, 0.15) is 0 Å². The second-order valence-electron chi connectivity index (χ2n) is 6.63. The number of nitrogens with zero attached hydrogens (tertiary/aromatic N) is 2. The number of nitrogens with one attached hydrogen (secondary N) is 1. The molecule has 1 unspecified atom stereocenters. The molecule has 1 saturated heterocycles. The zero-order chi connectivity index (χ0) is 19.8. The van der Waals surface area contributed by atoms with Gasteiger partial charge in [-0.3, -0.25) is 9.89 Å². The largest absolute Gasteiger partial charge is 0.380 e. The first-order chi connectivity index (χ1) is 13.7. The topological polar surface area (TPSA) is 72.1 Å². The second-order valence-corrected chi connectivity index (χ2v) is 7.03. The van der Waals surface area contributed by atoms with E-state index in [0.29, 0.717) is 32.3 Å². The zero-order valence-corrected chi connectivity index (χ0v) is 16.9. The van der Waals surface area contributed by atoms with Gasteiger partial charge < -0.3 is 20.5 Å². The SMILES string of the molecule is COCc1ccccc1NC(N)=NCC(c1ccccc1Cl)N1CCOCC1. The van der Waals surface area contributed by atoms with Gasteiger partial charge in [-0.2, -0.15) is 0 Å². The van der Waals surface area contributed by atoms with E-state index >= 15 is 0 Å². The number of halogens is 1. The van der Waals surface area contributed by atoms with Crippen molar-refractivity contribution in [1.29, 1.82) is 0 Å². The third kappa shape index (κ3) is 5.45. The summed E-state index contributed by atoms with van der Waals surface area (Å²) in [6.07, 6.45) is 0. The Balaban J connectivity index is 1.76. The van der Waals surface area contributed by atoms with Crippen molar-refractivity contribution in [3.63, 3.8) is 0 Å². The van der Waals surface area contributed by atoms with Gasteiger partial charge in [0.05, 0.1) is 32.4 Å². The number of hydrogen-bond acceptors (Lipinski definition) is 4. The molecule has 1 atom stereocenters. The van der Waals surface area contributed by atoms with E-state index in [1.807, 2.05) is 42.5 Å². The Labute approximate surface area is 171 Å². The number of rotatable bonds is 7. The van der Waals surface area contributed by atoms with Crippen LogP contribution >= 0.6 is 11.6 Å². The van der Waals surface area contributed by atoms with E-state index in [4.69, 9.17) is 26.8 Å². The molecule has 1 aliphatic heterocycles. The first kappa shape index (κ1) is 20.6. The summed E-state index contributed by atoms with van der Waals surface area (Å²) in [6.45, 7) is 4.12. The van der Waals surface area contributed by atoms with E-state index in [2.05, 4.69) is 21.3 Å². The maximum atomic E-state index is 6.47. The molecule has 150 valence electrons. The number of benzene rings is 2. The molecule has 0 spiro atoms. The molecule has 0 aromatic heterocycles. The van der Waals surface area contributed by atoms with Crippen LogP contribution in [0.5, 0.6) is 0 Å². The average Bonchev–Trinajstić information content (AvgIpc) is 2.72. The van der Waals surface area contributed by atoms with Gasteiger partial charge in [0.25, 0.3) is 0 Å². The van der Waals surface area contributed by atoms with E-state index in [9.17, 15) is 0 Å². The van der Waals surface area contributed by atoms with Crippen molar-refractivity contribution in [2.45, 2.75) is 12.6 Å². The van der Waals surface area contributed by atoms with E-state index in [1.165, 1.54) is 0 Å². The Morgan fingerprint density at radius 1 is 1.21 bits per heavy atom. The van der Waals surface area contributed by atoms with Gasteiger partial charge in [0.15, 0.2) is 5.96 Å². The number of guanidine groups is 1. The van der Waals surface area contributed by atoms with Crippen LogP contribution in [-0.2, 0) is 16.1 Å². The molecule has 2 aromatic rings. The van der Waals surface area contributed by atoms with Crippen molar-refractivity contribution >= 4 is 23.2 Å². The molecule has 3 rings (SSSR count). The van der Waals surface area contributed by atoms with Crippen molar-refractivity contribution in [3.05, 3.63) is 64.7 Å². The molecule has 1 fully saturated rings. The molecule has 0 bridgehead atoms. The number of nitrogens with two attached hydrogens (primary N) is 1. The van der Waals surface area contributed by atoms with E-state index in [0.717, 1.165) is 34.9 Å². The number of para-hydroxylation sites is 1. The fourth-order valence-corrected chi connectivity index (χ4v) is 3.59. The first-order valence-electron chi connectivity index (χ1n) is 9.39. The lowest BCUT2D eigenvalue weighted by molar-refractivity contribution is 0.0180. The number of methoxy groups -OCH3 is 1. The third-order valence-corrected chi connectivity index (χ3v) is 5.11. The minimum absolute atomic E-state index is 0.0483. The van der Waals surface area contributed by atoms with Crippen molar-refractivity contribution in [3.8, 4) is 0 Å². The monoisotopic (exact) mass is 402 g/mol. The minimum Gasteiger partial charge on any atom is -0.380 e. The molecule has 0 radical (unpaired) electrons. The quantitative estimate of drug-likeness (QED) is 0.549. The highest BCUT2D eigenvalue weighted by Crippen LogP contribution is 2.28. The van der Waals surface area contributed by atoms with Crippen LogP contribution in [0.25, 0.3) is 0 Å². The molecule has 2 aromatic carbocycles. The van der Waals surface area contributed by atoms with E-state index in [-0.39, 0.29) is 6.04 Å². The summed E-state index contributed by atoms with van der Waals surface area (Å²) in [6, 6.07) is 15.8. The highest BCUT2D eigenvalue weighted by atomic mass is 35.5. The third-order valence-electron chi connectivity index (χ3n) is 4.77. The van der Waals surface area contributed by atoms with E-state index in [1.54, 1.807) is 7.11 Å². The van der Waals surface area contributed by atoms with Gasteiger partial charge in [0, 0.05) is 36.5 Å². The molecule has 1 heterocycles. The molecule has 0 amide bonds. The molecule has 6 nitrogen and oxygen atoms in total. The molecular weight excluding hydrogens is 376 g/mol. The predicted molar refractivity (Wildman–Crippen MR) is 114 cm³/mol. The highest BCUT2D eigenvalue weighted by molar-refractivity contribution is 6.31. The van der Waals surface area contributed by atoms with Crippen molar-refractivity contribution in [1.82, 2.24) is 4.90 Å². The predicted octanol–water partition coefficient (Wildman–Crippen LogP) is 3.29. The van der Waals surface area contributed by atoms with Crippen LogP contribution in [-0.4, -0.2) is 50.8 Å². The normalized spacial score (nSPS) is 16.7. The summed E-state index contributed by atoms with van der Waals surface area (Å²) in [5.41, 5.74) is 9.17. The van der Waals surface area contributed by atoms with Crippen LogP contribution in [0.4, 0.5) is 5.69 Å². The lowest BCUT2D eigenvalue weighted by atomic mass is 10.0. The molecule has 1 aliphatic rings. The number of morpholine rings is 1. The van der Waals surface area contributed by atoms with Crippen molar-refractivity contribution in [2.75, 3.05) is 45.3 Å². The van der Waals surface area contributed by atoms with Crippen LogP contribution < -0.4 is 11.1 Å². The average molecular weight is 403 g/mol. The second kappa shape index (κ2) is 10.4. The fourth-order valence-electron chi connectivity index (χ4n) is 3.33. The molecule has 0 saturated carbocycles. The Morgan fingerprint density at radius 2 is 1.93 bits per heavy atom. The molecule has 3 N–H and O–H groups in total. The van der Waals surface area contributed by atoms with E-state index < -0.39 is 0 Å². The molecule has 0 aliphatic carbocycles. The standard InChI is InChI=1S/C21H27ClN4O2/c1-27-15-16-6-2-5-9-19(16)25-21(23)24-14-20(26-10-12-28-13-11-26)17-7-3-4-8-18(17)22/h2-9,20H,10-15H2,1H3,(H3,23,24,25). The Kier molecular flexibility index (Phi) is 7.68. The van der Waals surface area contributed by atoms with Crippen LogP contribution in [0.15, 0.2) is 53.5 Å². The van der Waals surface area contributed by atoms with Gasteiger partial charge in [-0.25, -0.2) is 0 Å². The molecule has 7 heteroatoms.